The number of fused-ring (bicyclic) bond motifs is 3. The third-order valence-corrected chi connectivity index (χ3v) is 5.45. The van der Waals surface area contributed by atoms with Crippen molar-refractivity contribution < 1.29 is 78.4 Å². The molecule has 0 aromatic carbocycles. The number of carbonyl (C=O) groups is 7. The molecule has 2 rings (SSSR count). The van der Waals surface area contributed by atoms with Crippen LogP contribution in [-0.4, -0.2) is 114 Å². The summed E-state index contributed by atoms with van der Waals surface area (Å²) < 4.78 is 14.6. The molecule has 2 bridgehead atoms. The number of aliphatic hydroxyl groups excluding tert-OH is 1. The van der Waals surface area contributed by atoms with Crippen molar-refractivity contribution in [1.29, 1.82) is 0 Å². The first-order valence-electron chi connectivity index (χ1n) is 11.7. The number of carbonyl (C=O) groups excluding carboxylic acids is 3. The minimum Gasteiger partial charge on any atom is -0.481 e. The second-order valence-electron chi connectivity index (χ2n) is 8.89. The summed E-state index contributed by atoms with van der Waals surface area (Å²) >= 11 is 0. The number of rotatable bonds is 10. The van der Waals surface area contributed by atoms with Crippen LogP contribution in [0.2, 0.25) is 0 Å². The molecular weight excluding hydrogens is 564 g/mol. The van der Waals surface area contributed by atoms with E-state index in [4.69, 9.17) is 57.6 Å². The molecule has 0 radical (unpaired) electrons. The monoisotopic (exact) mass is 598 g/mol. The van der Waals surface area contributed by atoms with Crippen LogP contribution >= 0.6 is 0 Å². The zero-order chi connectivity index (χ0) is 32.3. The van der Waals surface area contributed by atoms with Gasteiger partial charge in [-0.3, -0.25) is 29.7 Å². The van der Waals surface area contributed by atoms with Crippen molar-refractivity contribution in [3.8, 4) is 0 Å². The van der Waals surface area contributed by atoms with Gasteiger partial charge in [0.1, 0.15) is 12.1 Å². The second-order valence-corrected chi connectivity index (χ2v) is 8.89. The molecule has 0 aromatic rings. The Bertz CT molecular complexity index is 1020. The third-order valence-electron chi connectivity index (χ3n) is 5.45. The molecule has 20 nitrogen and oxygen atoms in total. The van der Waals surface area contributed by atoms with Crippen LogP contribution in [0.3, 0.4) is 0 Å². The molecule has 14 N–H and O–H groups in total. The third kappa shape index (κ3) is 10.2. The van der Waals surface area contributed by atoms with Crippen LogP contribution in [0.25, 0.3) is 0 Å². The van der Waals surface area contributed by atoms with Crippen molar-refractivity contribution in [3.05, 3.63) is 0 Å². The molecule has 0 amide bonds. The summed E-state index contributed by atoms with van der Waals surface area (Å²) in [5.74, 6) is -11.7. The van der Waals surface area contributed by atoms with Crippen LogP contribution in [0, 0.1) is 0 Å². The van der Waals surface area contributed by atoms with Crippen molar-refractivity contribution >= 4 is 41.8 Å². The van der Waals surface area contributed by atoms with Gasteiger partial charge in [-0.2, -0.15) is 0 Å². The van der Waals surface area contributed by atoms with Gasteiger partial charge in [0.25, 0.3) is 0 Å². The van der Waals surface area contributed by atoms with Crippen molar-refractivity contribution in [1.82, 2.24) is 0 Å². The maximum absolute atomic E-state index is 12.1. The van der Waals surface area contributed by atoms with Crippen molar-refractivity contribution in [3.63, 3.8) is 0 Å². The van der Waals surface area contributed by atoms with Crippen LogP contribution in [0.15, 0.2) is 0 Å². The Morgan fingerprint density at radius 3 is 1.80 bits per heavy atom. The average Bonchev–Trinajstić information content (AvgIpc) is 2.91. The SMILES string of the molecule is CC(O)C(N)C(=O)O.NC(CCC(=O)O)C(=O)O.NCCCC12OC(=O)CC(O)(CC(=O)OC1(N)C(=O)O)C(=O)O2. The maximum Gasteiger partial charge on any atom is 0.372 e. The zero-order valence-corrected chi connectivity index (χ0v) is 21.8. The Kier molecular flexibility index (Phi) is 13.7. The molecule has 234 valence electrons. The molecule has 0 aromatic heterocycles. The Morgan fingerprint density at radius 2 is 1.44 bits per heavy atom. The van der Waals surface area contributed by atoms with E-state index in [1.807, 2.05) is 0 Å². The number of esters is 3. The Balaban J connectivity index is 0.000000734. The van der Waals surface area contributed by atoms with E-state index in [2.05, 4.69) is 0 Å². The predicted molar refractivity (Wildman–Crippen MR) is 128 cm³/mol. The van der Waals surface area contributed by atoms with E-state index in [9.17, 15) is 43.8 Å². The van der Waals surface area contributed by atoms with E-state index >= 15 is 0 Å². The van der Waals surface area contributed by atoms with Gasteiger partial charge in [-0.05, 0) is 26.3 Å². The molecule has 6 unspecified atom stereocenters. The number of hydrogen-bond acceptors (Lipinski definition) is 16. The lowest BCUT2D eigenvalue weighted by atomic mass is 9.93. The fourth-order valence-corrected chi connectivity index (χ4v) is 3.05. The van der Waals surface area contributed by atoms with E-state index in [1.165, 1.54) is 6.92 Å². The molecule has 2 saturated heterocycles. The highest BCUT2D eigenvalue weighted by molar-refractivity contribution is 5.94. The number of hydrogen-bond donors (Lipinski definition) is 10. The molecule has 2 aliphatic heterocycles. The Hall–Kier alpha value is -3.95. The highest BCUT2D eigenvalue weighted by Crippen LogP contribution is 2.41. The van der Waals surface area contributed by atoms with Crippen LogP contribution in [-0.2, 0) is 47.8 Å². The Labute approximate surface area is 231 Å². The average molecular weight is 599 g/mol. The summed E-state index contributed by atoms with van der Waals surface area (Å²) in [5, 5.41) is 52.4. The number of nitrogens with two attached hydrogens (primary N) is 4. The largest absolute Gasteiger partial charge is 0.481 e. The Morgan fingerprint density at radius 1 is 0.927 bits per heavy atom. The van der Waals surface area contributed by atoms with Gasteiger partial charge in [-0.15, -0.1) is 0 Å². The van der Waals surface area contributed by atoms with Gasteiger partial charge in [0.15, 0.2) is 5.60 Å². The quantitative estimate of drug-likeness (QED) is 0.106. The molecule has 20 heteroatoms. The maximum atomic E-state index is 12.1. The summed E-state index contributed by atoms with van der Waals surface area (Å²) in [6.07, 6.45) is -3.51. The zero-order valence-electron chi connectivity index (χ0n) is 21.8. The van der Waals surface area contributed by atoms with Gasteiger partial charge in [-0.1, -0.05) is 0 Å². The molecule has 2 heterocycles. The summed E-state index contributed by atoms with van der Waals surface area (Å²) in [4.78, 5) is 77.2. The number of aliphatic carboxylic acids is 4. The minimum absolute atomic E-state index is 0.0186. The van der Waals surface area contributed by atoms with Gasteiger partial charge in [0.2, 0.25) is 0 Å². The summed E-state index contributed by atoms with van der Waals surface area (Å²) in [5.41, 5.74) is 15.4. The molecular formula is C21H34N4O16. The number of carboxylic acids is 4. The standard InChI is InChI=1S/C12H16N2O9.C5H9NO4.C4H9NO3/c13-3-1-2-11-12(14,8(17)18)22-7(16)5-10(20,9(19)23-11)4-6(15)21-11;6-3(5(9)10)1-2-4(7)8;1-2(6)3(5)4(7)8/h20H,1-5,13-14H2,(H,17,18);3H,1-2,6H2,(H,7,8)(H,9,10);2-3,6H,5H2,1H3,(H,7,8). The van der Waals surface area contributed by atoms with E-state index in [-0.39, 0.29) is 25.8 Å². The molecule has 6 atom stereocenters. The van der Waals surface area contributed by atoms with E-state index in [0.29, 0.717) is 0 Å². The summed E-state index contributed by atoms with van der Waals surface area (Å²) in [6, 6.07) is -2.22. The van der Waals surface area contributed by atoms with E-state index in [1.54, 1.807) is 0 Å². The smallest absolute Gasteiger partial charge is 0.372 e. The van der Waals surface area contributed by atoms with Crippen LogP contribution in [0.1, 0.15) is 45.4 Å². The van der Waals surface area contributed by atoms with E-state index in [0.717, 1.165) is 0 Å². The second kappa shape index (κ2) is 15.2. The molecule has 2 fully saturated rings. The van der Waals surface area contributed by atoms with Crippen molar-refractivity contribution in [2.24, 2.45) is 22.9 Å². The number of cyclic esters (lactones) is 1. The normalized spacial score (nSPS) is 27.2. The first-order valence-corrected chi connectivity index (χ1v) is 11.7. The van der Waals surface area contributed by atoms with Gasteiger partial charge in [0, 0.05) is 12.8 Å². The van der Waals surface area contributed by atoms with Gasteiger partial charge >= 0.3 is 53.3 Å². The molecule has 0 saturated carbocycles. The minimum atomic E-state index is -2.98. The van der Waals surface area contributed by atoms with E-state index < -0.39 is 96.3 Å². The molecule has 0 aliphatic carbocycles. The molecule has 0 spiro atoms. The predicted octanol–water partition coefficient (Wildman–Crippen LogP) is -4.63. The lowest BCUT2D eigenvalue weighted by molar-refractivity contribution is -0.299. The highest BCUT2D eigenvalue weighted by atomic mass is 16.8. The fraction of sp³-hybridized carbons (Fsp3) is 0.667. The highest BCUT2D eigenvalue weighted by Gasteiger charge is 2.69. The number of ether oxygens (including phenoxy) is 3. The summed E-state index contributed by atoms with van der Waals surface area (Å²) in [7, 11) is 0. The number of carboxylic acid groups (broad SMARTS) is 4. The lowest BCUT2D eigenvalue weighted by Gasteiger charge is -2.42. The van der Waals surface area contributed by atoms with Gasteiger partial charge in [-0.25, -0.2) is 9.59 Å². The van der Waals surface area contributed by atoms with Gasteiger partial charge < -0.3 is 62.1 Å². The van der Waals surface area contributed by atoms with Crippen LogP contribution in [0.5, 0.6) is 0 Å². The first-order chi connectivity index (χ1) is 18.7. The van der Waals surface area contributed by atoms with Crippen molar-refractivity contribution in [2.75, 3.05) is 6.54 Å². The van der Waals surface area contributed by atoms with Crippen LogP contribution < -0.4 is 22.9 Å². The van der Waals surface area contributed by atoms with Crippen molar-refractivity contribution in [2.45, 2.75) is 80.7 Å². The molecule has 41 heavy (non-hydrogen) atoms. The van der Waals surface area contributed by atoms with Crippen LogP contribution in [0.4, 0.5) is 0 Å². The lowest BCUT2D eigenvalue weighted by Crippen LogP contribution is -2.71. The van der Waals surface area contributed by atoms with Gasteiger partial charge in [0.05, 0.1) is 18.9 Å². The summed E-state index contributed by atoms with van der Waals surface area (Å²) in [6.45, 7) is 1.35. The number of aliphatic hydroxyl groups is 2. The topological polar surface area (TPSA) is 373 Å². The molecule has 2 aliphatic rings. The fourth-order valence-electron chi connectivity index (χ4n) is 3.05. The first kappa shape index (κ1) is 37.0.